The van der Waals surface area contributed by atoms with Gasteiger partial charge < -0.3 is 9.88 Å². The second-order valence-corrected chi connectivity index (χ2v) is 9.54. The molecule has 9 nitrogen and oxygen atoms in total. The van der Waals surface area contributed by atoms with Crippen molar-refractivity contribution in [3.05, 3.63) is 90.6 Å². The van der Waals surface area contributed by atoms with Crippen LogP contribution in [0.25, 0.3) is 11.5 Å². The fraction of sp³-hybridized carbons (Fsp3) is 0.125. The first-order valence-electron chi connectivity index (χ1n) is 10.9. The number of benzene rings is 2. The van der Waals surface area contributed by atoms with Crippen LogP contribution >= 0.6 is 0 Å². The van der Waals surface area contributed by atoms with Crippen molar-refractivity contribution in [3.8, 4) is 11.5 Å². The number of nitrogens with zero attached hydrogens (tertiary/aromatic N) is 4. The summed E-state index contributed by atoms with van der Waals surface area (Å²) in [6, 6.07) is 15.6. The van der Waals surface area contributed by atoms with Crippen LogP contribution in [0.2, 0.25) is 0 Å². The highest BCUT2D eigenvalue weighted by Crippen LogP contribution is 2.23. The Bertz CT molecular complexity index is 1530. The van der Waals surface area contributed by atoms with Crippen LogP contribution in [0, 0.1) is 5.82 Å². The number of rotatable bonds is 6. The van der Waals surface area contributed by atoms with Gasteiger partial charge in [0.1, 0.15) is 22.9 Å². The first-order chi connectivity index (χ1) is 16.9. The molecule has 0 saturated heterocycles. The normalized spacial score (nSPS) is 13.5. The first kappa shape index (κ1) is 22.5. The number of amidine groups is 1. The maximum Gasteiger partial charge on any atom is 0.262 e. The van der Waals surface area contributed by atoms with Gasteiger partial charge in [-0.1, -0.05) is 18.2 Å². The van der Waals surface area contributed by atoms with E-state index in [1.54, 1.807) is 53.4 Å². The lowest BCUT2D eigenvalue weighted by molar-refractivity contribution is 0.102. The Morgan fingerprint density at radius 3 is 2.57 bits per heavy atom. The lowest BCUT2D eigenvalue weighted by atomic mass is 10.2. The predicted octanol–water partition coefficient (Wildman–Crippen LogP) is 3.53. The SMILES string of the molecule is O=C(Nc1cccc(S(=O)(=O)NC2=NCCC2)c1)c1cnn(-c2ccccc2F)c1-n1cccc1. The van der Waals surface area contributed by atoms with E-state index in [0.29, 0.717) is 24.6 Å². The van der Waals surface area contributed by atoms with Crippen molar-refractivity contribution in [1.29, 1.82) is 0 Å². The third-order valence-electron chi connectivity index (χ3n) is 5.45. The van der Waals surface area contributed by atoms with Crippen molar-refractivity contribution in [1.82, 2.24) is 19.1 Å². The maximum atomic E-state index is 14.5. The van der Waals surface area contributed by atoms with Crippen molar-refractivity contribution in [3.63, 3.8) is 0 Å². The molecule has 3 heterocycles. The molecule has 1 amide bonds. The minimum Gasteiger partial charge on any atom is -0.322 e. The summed E-state index contributed by atoms with van der Waals surface area (Å²) in [6.45, 7) is 0.595. The number of halogens is 1. The summed E-state index contributed by atoms with van der Waals surface area (Å²) in [5, 5.41) is 6.98. The Morgan fingerprint density at radius 1 is 1.03 bits per heavy atom. The monoisotopic (exact) mass is 492 g/mol. The molecule has 2 aromatic heterocycles. The molecule has 0 bridgehead atoms. The Kier molecular flexibility index (Phi) is 5.91. The minimum atomic E-state index is -3.84. The second-order valence-electron chi connectivity index (χ2n) is 7.85. The molecule has 1 aliphatic rings. The average Bonchev–Trinajstić information content (AvgIpc) is 3.61. The van der Waals surface area contributed by atoms with E-state index < -0.39 is 21.7 Å². The largest absolute Gasteiger partial charge is 0.322 e. The zero-order valence-corrected chi connectivity index (χ0v) is 19.2. The van der Waals surface area contributed by atoms with Gasteiger partial charge in [-0.05, 0) is 48.9 Å². The van der Waals surface area contributed by atoms with Crippen molar-refractivity contribution < 1.29 is 17.6 Å². The molecule has 0 saturated carbocycles. The quantitative estimate of drug-likeness (QED) is 0.429. The van der Waals surface area contributed by atoms with Gasteiger partial charge in [0.05, 0.1) is 11.1 Å². The molecule has 4 aromatic rings. The average molecular weight is 493 g/mol. The highest BCUT2D eigenvalue weighted by molar-refractivity contribution is 7.90. The molecule has 178 valence electrons. The molecule has 5 rings (SSSR count). The fourth-order valence-electron chi connectivity index (χ4n) is 3.80. The highest BCUT2D eigenvalue weighted by Gasteiger charge is 2.23. The number of aromatic nitrogens is 3. The molecule has 0 fully saturated rings. The summed E-state index contributed by atoms with van der Waals surface area (Å²) in [6.07, 6.45) is 6.16. The van der Waals surface area contributed by atoms with Crippen LogP contribution in [-0.2, 0) is 10.0 Å². The van der Waals surface area contributed by atoms with Crippen molar-refractivity contribution in [2.75, 3.05) is 11.9 Å². The molecule has 0 aliphatic carbocycles. The minimum absolute atomic E-state index is 0.00224. The molecule has 11 heteroatoms. The van der Waals surface area contributed by atoms with Gasteiger partial charge in [0.15, 0.2) is 5.82 Å². The van der Waals surface area contributed by atoms with Crippen LogP contribution < -0.4 is 10.0 Å². The van der Waals surface area contributed by atoms with Crippen LogP contribution in [0.4, 0.5) is 10.1 Å². The number of nitrogens with one attached hydrogen (secondary N) is 2. The second kappa shape index (κ2) is 9.18. The molecule has 0 radical (unpaired) electrons. The van der Waals surface area contributed by atoms with E-state index >= 15 is 0 Å². The lowest BCUT2D eigenvalue weighted by Crippen LogP contribution is -2.29. The number of sulfonamides is 1. The molecular weight excluding hydrogens is 471 g/mol. The molecular formula is C24H21FN6O3S. The topological polar surface area (TPSA) is 110 Å². The standard InChI is InChI=1S/C24H21FN6O3S/c25-20-9-1-2-10-21(20)31-24(30-13-3-4-14-30)19(16-27-31)23(32)28-17-7-5-8-18(15-17)35(33,34)29-22-11-6-12-26-22/h1-5,7-10,13-16H,6,11-12H2,(H,26,29)(H,28,32). The van der Waals surface area contributed by atoms with E-state index in [4.69, 9.17) is 0 Å². The van der Waals surface area contributed by atoms with Crippen LogP contribution in [0.15, 0.2) is 89.1 Å². The summed E-state index contributed by atoms with van der Waals surface area (Å²) >= 11 is 0. The van der Waals surface area contributed by atoms with Gasteiger partial charge in [0.2, 0.25) is 0 Å². The number of amides is 1. The van der Waals surface area contributed by atoms with Crippen LogP contribution in [0.5, 0.6) is 0 Å². The van der Waals surface area contributed by atoms with E-state index in [-0.39, 0.29) is 21.8 Å². The summed E-state index contributed by atoms with van der Waals surface area (Å²) in [5.74, 6) is -0.258. The van der Waals surface area contributed by atoms with Gasteiger partial charge in [0.25, 0.3) is 15.9 Å². The van der Waals surface area contributed by atoms with E-state index in [9.17, 15) is 17.6 Å². The van der Waals surface area contributed by atoms with Gasteiger partial charge in [0, 0.05) is 31.0 Å². The number of hydrogen-bond donors (Lipinski definition) is 2. The molecule has 0 atom stereocenters. The fourth-order valence-corrected chi connectivity index (χ4v) is 4.94. The number of aliphatic imine (C=N–C) groups is 1. The molecule has 0 unspecified atom stereocenters. The maximum absolute atomic E-state index is 14.5. The zero-order valence-electron chi connectivity index (χ0n) is 18.4. The summed E-state index contributed by atoms with van der Waals surface area (Å²) in [5.41, 5.74) is 0.642. The smallest absolute Gasteiger partial charge is 0.262 e. The van der Waals surface area contributed by atoms with Gasteiger partial charge >= 0.3 is 0 Å². The van der Waals surface area contributed by atoms with Crippen LogP contribution in [-0.4, -0.2) is 41.1 Å². The third-order valence-corrected chi connectivity index (χ3v) is 6.83. The zero-order chi connectivity index (χ0) is 24.4. The summed E-state index contributed by atoms with van der Waals surface area (Å²) in [7, 11) is -3.84. The Morgan fingerprint density at radius 2 is 1.83 bits per heavy atom. The number of carbonyl (C=O) groups is 1. The predicted molar refractivity (Wildman–Crippen MR) is 129 cm³/mol. The van der Waals surface area contributed by atoms with Gasteiger partial charge in [-0.15, -0.1) is 0 Å². The van der Waals surface area contributed by atoms with Crippen LogP contribution in [0.3, 0.4) is 0 Å². The highest BCUT2D eigenvalue weighted by atomic mass is 32.2. The lowest BCUT2D eigenvalue weighted by Gasteiger charge is -2.12. The van der Waals surface area contributed by atoms with Crippen molar-refractivity contribution >= 4 is 27.5 Å². The summed E-state index contributed by atoms with van der Waals surface area (Å²) < 4.78 is 45.5. The molecule has 35 heavy (non-hydrogen) atoms. The van der Waals surface area contributed by atoms with E-state index in [0.717, 1.165) is 6.42 Å². The Hall–Kier alpha value is -4.25. The molecule has 2 aromatic carbocycles. The third kappa shape index (κ3) is 4.58. The van der Waals surface area contributed by atoms with Crippen molar-refractivity contribution in [2.45, 2.75) is 17.7 Å². The van der Waals surface area contributed by atoms with Crippen molar-refractivity contribution in [2.24, 2.45) is 4.99 Å². The van der Waals surface area contributed by atoms with Gasteiger partial charge in [-0.3, -0.25) is 14.5 Å². The number of carbonyl (C=O) groups excluding carboxylic acids is 1. The number of hydrogen-bond acceptors (Lipinski definition) is 5. The van der Waals surface area contributed by atoms with E-state index in [1.807, 2.05) is 0 Å². The molecule has 2 N–H and O–H groups in total. The first-order valence-corrected chi connectivity index (χ1v) is 12.3. The molecule has 1 aliphatic heterocycles. The van der Waals surface area contributed by atoms with Gasteiger partial charge in [-0.2, -0.15) is 5.10 Å². The molecule has 0 spiro atoms. The summed E-state index contributed by atoms with van der Waals surface area (Å²) in [4.78, 5) is 17.4. The van der Waals surface area contributed by atoms with Crippen LogP contribution in [0.1, 0.15) is 23.2 Å². The Labute approximate surface area is 201 Å². The number of para-hydroxylation sites is 1. The Balaban J connectivity index is 1.46. The van der Waals surface area contributed by atoms with E-state index in [1.165, 1.54) is 35.1 Å². The van der Waals surface area contributed by atoms with E-state index in [2.05, 4.69) is 20.1 Å². The number of anilines is 1. The van der Waals surface area contributed by atoms with Gasteiger partial charge in [-0.25, -0.2) is 17.5 Å².